The molecular weight excluding hydrogens is 170 g/mol. The maximum absolute atomic E-state index is 10.8. The quantitative estimate of drug-likeness (QED) is 0.539. The van der Waals surface area contributed by atoms with Gasteiger partial charge in [0.25, 0.3) is 0 Å². The van der Waals surface area contributed by atoms with E-state index in [0.717, 1.165) is 0 Å². The first kappa shape index (κ1) is 9.25. The van der Waals surface area contributed by atoms with Crippen molar-refractivity contribution in [1.82, 2.24) is 0 Å². The molecule has 2 N–H and O–H groups in total. The smallest absolute Gasteiger partial charge is 0.376 e. The molecule has 4 heteroatoms. The largest absolute Gasteiger partial charge is 0.412 e. The fourth-order valence-corrected chi connectivity index (χ4v) is 0.814. The van der Waals surface area contributed by atoms with E-state index >= 15 is 0 Å². The fraction of sp³-hybridized carbons (Fsp3) is 0. The Hall–Kier alpha value is -1.84. The Morgan fingerprint density at radius 3 is 2.38 bits per heavy atom. The van der Waals surface area contributed by atoms with Crippen molar-refractivity contribution >= 4 is 12.1 Å². The summed E-state index contributed by atoms with van der Waals surface area (Å²) >= 11 is 0. The van der Waals surface area contributed by atoms with Crippen molar-refractivity contribution in [1.29, 1.82) is 0 Å². The Morgan fingerprint density at radius 2 is 1.85 bits per heavy atom. The highest BCUT2D eigenvalue weighted by Crippen LogP contribution is 2.02. The van der Waals surface area contributed by atoms with E-state index in [1.165, 1.54) is 6.42 Å². The molecule has 0 spiro atoms. The van der Waals surface area contributed by atoms with Crippen LogP contribution in [0.4, 0.5) is 4.79 Å². The van der Waals surface area contributed by atoms with Gasteiger partial charge in [-0.2, -0.15) is 0 Å². The van der Waals surface area contributed by atoms with Gasteiger partial charge >= 0.3 is 12.1 Å². The second-order valence-electron chi connectivity index (χ2n) is 2.30. The highest BCUT2D eigenvalue weighted by atomic mass is 16.6. The lowest BCUT2D eigenvalue weighted by atomic mass is 10.2. The molecule has 1 aromatic rings. The van der Waals surface area contributed by atoms with Crippen LogP contribution in [0.3, 0.4) is 0 Å². The van der Waals surface area contributed by atoms with Gasteiger partial charge in [-0.15, -0.1) is 0 Å². The number of benzene rings is 1. The summed E-state index contributed by atoms with van der Waals surface area (Å²) in [5.74, 6) is -0.765. The van der Waals surface area contributed by atoms with Crippen molar-refractivity contribution < 1.29 is 14.3 Å². The zero-order valence-corrected chi connectivity index (χ0v) is 6.77. The lowest BCUT2D eigenvalue weighted by Gasteiger charge is -1.98. The summed E-state index contributed by atoms with van der Waals surface area (Å²) in [4.78, 5) is 21.0. The van der Waals surface area contributed by atoms with Crippen LogP contribution in [-0.2, 0) is 9.53 Å². The number of carbonyl (C=O) groups is 2. The summed E-state index contributed by atoms with van der Waals surface area (Å²) in [5.41, 5.74) is 5.31. The summed E-state index contributed by atoms with van der Waals surface area (Å²) in [6, 6.07) is 8.77. The van der Waals surface area contributed by atoms with Crippen molar-refractivity contribution in [2.75, 3.05) is 0 Å². The number of carbonyl (C=O) groups excluding carboxylic acids is 2. The minimum Gasteiger partial charge on any atom is -0.376 e. The normalized spacial score (nSPS) is 9.23. The average Bonchev–Trinajstić information content (AvgIpc) is 2.04. The van der Waals surface area contributed by atoms with Crippen molar-refractivity contribution in [3.05, 3.63) is 42.3 Å². The van der Waals surface area contributed by atoms with Crippen molar-refractivity contribution in [3.63, 3.8) is 0 Å². The zero-order valence-electron chi connectivity index (χ0n) is 6.77. The third kappa shape index (κ3) is 3.37. The predicted molar refractivity (Wildman–Crippen MR) is 45.5 cm³/mol. The zero-order chi connectivity index (χ0) is 9.68. The van der Waals surface area contributed by atoms with Gasteiger partial charge in [-0.3, -0.25) is 4.79 Å². The van der Waals surface area contributed by atoms with Crippen LogP contribution in [0.15, 0.2) is 30.3 Å². The molecule has 0 atom stereocenters. The Labute approximate surface area is 75.3 Å². The number of rotatable bonds is 2. The maximum atomic E-state index is 10.8. The molecule has 1 rings (SSSR count). The van der Waals surface area contributed by atoms with Crippen molar-refractivity contribution in [2.45, 2.75) is 0 Å². The number of primary amides is 1. The molecule has 0 saturated carbocycles. The molecule has 1 aromatic carbocycles. The molecule has 0 saturated heterocycles. The molecule has 0 aromatic heterocycles. The molecule has 13 heavy (non-hydrogen) atoms. The van der Waals surface area contributed by atoms with Gasteiger partial charge in [0.1, 0.15) is 0 Å². The first-order valence-corrected chi connectivity index (χ1v) is 3.59. The second kappa shape index (κ2) is 4.25. The highest BCUT2D eigenvalue weighted by molar-refractivity contribution is 5.91. The highest BCUT2D eigenvalue weighted by Gasteiger charge is 2.07. The number of nitrogens with two attached hydrogens (primary N) is 1. The summed E-state index contributed by atoms with van der Waals surface area (Å²) in [6.07, 6.45) is 0.0854. The van der Waals surface area contributed by atoms with E-state index in [-0.39, 0.29) is 0 Å². The van der Waals surface area contributed by atoms with Crippen molar-refractivity contribution in [3.8, 4) is 0 Å². The number of hydrogen-bond acceptors (Lipinski definition) is 3. The molecule has 1 amide bonds. The summed E-state index contributed by atoms with van der Waals surface area (Å²) in [6.45, 7) is 0. The van der Waals surface area contributed by atoms with E-state index < -0.39 is 12.1 Å². The molecular formula is C9H8NO3. The number of ether oxygens (including phenoxy) is 1. The Balaban J connectivity index is 2.50. The van der Waals surface area contributed by atoms with E-state index in [1.807, 2.05) is 6.07 Å². The monoisotopic (exact) mass is 178 g/mol. The van der Waals surface area contributed by atoms with Crippen LogP contribution >= 0.6 is 0 Å². The van der Waals surface area contributed by atoms with Crippen LogP contribution in [0.25, 0.3) is 0 Å². The molecule has 0 aliphatic rings. The average molecular weight is 178 g/mol. The lowest BCUT2D eigenvalue weighted by Crippen LogP contribution is -2.18. The number of amides is 1. The van der Waals surface area contributed by atoms with Crippen LogP contribution in [0.2, 0.25) is 0 Å². The van der Waals surface area contributed by atoms with E-state index in [9.17, 15) is 9.59 Å². The van der Waals surface area contributed by atoms with E-state index in [2.05, 4.69) is 10.5 Å². The molecule has 0 aliphatic heterocycles. The summed E-state index contributed by atoms with van der Waals surface area (Å²) in [7, 11) is 0. The predicted octanol–water partition coefficient (Wildman–Crippen LogP) is 0.861. The minimum absolute atomic E-state index is 0.661. The van der Waals surface area contributed by atoms with Gasteiger partial charge in [-0.05, 0) is 5.56 Å². The maximum Gasteiger partial charge on any atom is 0.412 e. The summed E-state index contributed by atoms with van der Waals surface area (Å²) in [5, 5.41) is 0. The van der Waals surface area contributed by atoms with Gasteiger partial charge in [0.2, 0.25) is 0 Å². The van der Waals surface area contributed by atoms with Crippen molar-refractivity contribution in [2.24, 2.45) is 5.73 Å². The van der Waals surface area contributed by atoms with Gasteiger partial charge in [0.15, 0.2) is 0 Å². The van der Waals surface area contributed by atoms with Crippen LogP contribution in [0, 0.1) is 6.42 Å². The van der Waals surface area contributed by atoms with E-state index in [1.54, 1.807) is 24.3 Å². The standard InChI is InChI=1S/C9H8NO3/c10-9(12)13-8(11)6-7-4-2-1-3-5-7/h1-6H,(H2,10,12). The van der Waals surface area contributed by atoms with Gasteiger partial charge in [-0.25, -0.2) is 4.79 Å². The fourth-order valence-electron chi connectivity index (χ4n) is 0.814. The van der Waals surface area contributed by atoms with E-state index in [4.69, 9.17) is 0 Å². The van der Waals surface area contributed by atoms with Crippen LogP contribution in [0.5, 0.6) is 0 Å². The topological polar surface area (TPSA) is 69.4 Å². The first-order valence-electron chi connectivity index (χ1n) is 3.59. The number of esters is 1. The van der Waals surface area contributed by atoms with Crippen LogP contribution in [0.1, 0.15) is 5.56 Å². The van der Waals surface area contributed by atoms with Crippen LogP contribution < -0.4 is 5.73 Å². The molecule has 0 heterocycles. The molecule has 0 aliphatic carbocycles. The summed E-state index contributed by atoms with van der Waals surface area (Å²) < 4.78 is 4.10. The SMILES string of the molecule is NC(=O)OC(=O)[CH]c1ccccc1. The molecule has 67 valence electrons. The minimum atomic E-state index is -1.10. The van der Waals surface area contributed by atoms with Crippen LogP contribution in [-0.4, -0.2) is 12.1 Å². The van der Waals surface area contributed by atoms with E-state index in [0.29, 0.717) is 5.56 Å². The first-order chi connectivity index (χ1) is 6.18. The third-order valence-electron chi connectivity index (χ3n) is 1.29. The lowest BCUT2D eigenvalue weighted by molar-refractivity contribution is -0.132. The molecule has 0 fully saturated rings. The second-order valence-corrected chi connectivity index (χ2v) is 2.30. The van der Waals surface area contributed by atoms with Gasteiger partial charge in [0.05, 0.1) is 6.42 Å². The van der Waals surface area contributed by atoms with Gasteiger partial charge in [0, 0.05) is 0 Å². The molecule has 0 unspecified atom stereocenters. The molecule has 1 radical (unpaired) electrons. The van der Waals surface area contributed by atoms with Gasteiger partial charge < -0.3 is 10.5 Å². The Bertz CT molecular complexity index is 308. The Kier molecular flexibility index (Phi) is 3.03. The molecule has 0 bridgehead atoms. The third-order valence-corrected chi connectivity index (χ3v) is 1.29. The number of hydrogen-bond donors (Lipinski definition) is 1. The van der Waals surface area contributed by atoms with Gasteiger partial charge in [-0.1, -0.05) is 30.3 Å². The molecule has 4 nitrogen and oxygen atoms in total. The Morgan fingerprint density at radius 1 is 1.23 bits per heavy atom.